The van der Waals surface area contributed by atoms with Gasteiger partial charge in [-0.15, -0.1) is 10.2 Å². The maximum absolute atomic E-state index is 13.0. The van der Waals surface area contributed by atoms with Gasteiger partial charge in [0.15, 0.2) is 0 Å². The molecular formula is C25H25N5OS. The number of likely N-dealkylation sites (tertiary alicyclic amines) is 1. The highest BCUT2D eigenvalue weighted by molar-refractivity contribution is 7.14. The van der Waals surface area contributed by atoms with Crippen molar-refractivity contribution in [2.45, 2.75) is 32.7 Å². The number of hydrogen-bond donors (Lipinski definition) is 0. The van der Waals surface area contributed by atoms with Gasteiger partial charge in [-0.3, -0.25) is 19.7 Å². The zero-order valence-electron chi connectivity index (χ0n) is 18.1. The summed E-state index contributed by atoms with van der Waals surface area (Å²) in [5, 5.41) is 12.4. The number of hydrogen-bond acceptors (Lipinski definition) is 7. The summed E-state index contributed by atoms with van der Waals surface area (Å²) >= 11 is 1.58. The molecule has 4 aromatic rings. The van der Waals surface area contributed by atoms with Crippen LogP contribution in [0.15, 0.2) is 54.9 Å². The second-order valence-electron chi connectivity index (χ2n) is 8.38. The van der Waals surface area contributed by atoms with Crippen molar-refractivity contribution < 1.29 is 4.79 Å². The summed E-state index contributed by atoms with van der Waals surface area (Å²) in [6.45, 7) is 4.68. The summed E-state index contributed by atoms with van der Waals surface area (Å²) in [5.74, 6) is 0.411. The molecule has 5 rings (SSSR count). The molecule has 0 N–H and O–H groups in total. The Morgan fingerprint density at radius 1 is 1.03 bits per heavy atom. The van der Waals surface area contributed by atoms with E-state index >= 15 is 0 Å². The molecule has 32 heavy (non-hydrogen) atoms. The Balaban J connectivity index is 1.22. The maximum Gasteiger partial charge on any atom is 0.147 e. The Bertz CT molecular complexity index is 1230. The topological polar surface area (TPSA) is 71.9 Å². The third-order valence-electron chi connectivity index (χ3n) is 6.06. The van der Waals surface area contributed by atoms with Crippen LogP contribution in [-0.4, -0.2) is 43.9 Å². The van der Waals surface area contributed by atoms with E-state index in [9.17, 15) is 4.79 Å². The Hall–Kier alpha value is -3.03. The molecule has 4 heterocycles. The monoisotopic (exact) mass is 443 g/mol. The quantitative estimate of drug-likeness (QED) is 0.438. The predicted molar refractivity (Wildman–Crippen MR) is 126 cm³/mol. The molecule has 0 bridgehead atoms. The molecule has 0 amide bonds. The molecule has 1 aliphatic heterocycles. The molecule has 0 aliphatic carbocycles. The number of aromatic nitrogens is 4. The molecule has 1 aliphatic rings. The van der Waals surface area contributed by atoms with Crippen LogP contribution in [-0.2, 0) is 17.8 Å². The van der Waals surface area contributed by atoms with Crippen LogP contribution in [0.2, 0.25) is 0 Å². The molecule has 7 heteroatoms. The van der Waals surface area contributed by atoms with Gasteiger partial charge in [0.25, 0.3) is 0 Å². The summed E-state index contributed by atoms with van der Waals surface area (Å²) in [6.07, 6.45) is 5.89. The van der Waals surface area contributed by atoms with E-state index in [4.69, 9.17) is 0 Å². The minimum Gasteiger partial charge on any atom is -0.299 e. The number of nitrogens with zero attached hydrogens (tertiary/aromatic N) is 5. The Labute approximate surface area is 191 Å². The van der Waals surface area contributed by atoms with Gasteiger partial charge in [0, 0.05) is 47.9 Å². The van der Waals surface area contributed by atoms with Crippen LogP contribution in [0.1, 0.15) is 29.2 Å². The minimum atomic E-state index is 0.114. The van der Waals surface area contributed by atoms with Crippen molar-refractivity contribution in [1.29, 1.82) is 0 Å². The number of ketones is 1. The number of piperidine rings is 1. The normalized spacial score (nSPS) is 15.3. The lowest BCUT2D eigenvalue weighted by atomic mass is 9.90. The largest absolute Gasteiger partial charge is 0.299 e. The van der Waals surface area contributed by atoms with Crippen molar-refractivity contribution in [3.05, 3.63) is 71.3 Å². The summed E-state index contributed by atoms with van der Waals surface area (Å²) in [6, 6.07) is 14.3. The molecule has 0 atom stereocenters. The first kappa shape index (κ1) is 20.8. The van der Waals surface area contributed by atoms with E-state index in [1.54, 1.807) is 11.3 Å². The Morgan fingerprint density at radius 3 is 2.66 bits per heavy atom. The second kappa shape index (κ2) is 9.22. The van der Waals surface area contributed by atoms with Gasteiger partial charge in [-0.05, 0) is 62.5 Å². The number of pyridine rings is 2. The molecule has 1 saturated heterocycles. The molecule has 0 spiro atoms. The van der Waals surface area contributed by atoms with Crippen LogP contribution in [0, 0.1) is 12.8 Å². The van der Waals surface area contributed by atoms with Gasteiger partial charge in [0.05, 0.1) is 5.69 Å². The summed E-state index contributed by atoms with van der Waals surface area (Å²) < 4.78 is 0. The van der Waals surface area contributed by atoms with Crippen molar-refractivity contribution in [3.8, 4) is 10.6 Å². The van der Waals surface area contributed by atoms with Crippen molar-refractivity contribution in [2.24, 2.45) is 5.92 Å². The van der Waals surface area contributed by atoms with Crippen molar-refractivity contribution in [2.75, 3.05) is 13.1 Å². The standard InChI is InChI=1S/C25H25N5OS/c1-17-28-29-25(32-17)19-5-6-20-15-27-23(13-21(20)12-19)14-24(31)18-7-10-30(11-8-18)16-22-4-2-3-9-26-22/h2-6,9,12-13,15,18H,7-8,10-11,14,16H2,1H3. The smallest absolute Gasteiger partial charge is 0.147 e. The molecule has 3 aromatic heterocycles. The number of carbonyl (C=O) groups is 1. The van der Waals surface area contributed by atoms with E-state index < -0.39 is 0 Å². The fourth-order valence-corrected chi connectivity index (χ4v) is 4.97. The second-order valence-corrected chi connectivity index (χ2v) is 9.56. The third-order valence-corrected chi connectivity index (χ3v) is 6.95. The summed E-state index contributed by atoms with van der Waals surface area (Å²) in [7, 11) is 0. The number of carbonyl (C=O) groups excluding carboxylic acids is 1. The first-order chi connectivity index (χ1) is 15.6. The first-order valence-corrected chi connectivity index (χ1v) is 11.8. The third kappa shape index (κ3) is 4.74. The number of fused-ring (bicyclic) bond motifs is 1. The van der Waals surface area contributed by atoms with Crippen LogP contribution in [0.5, 0.6) is 0 Å². The van der Waals surface area contributed by atoms with Crippen LogP contribution < -0.4 is 0 Å². The maximum atomic E-state index is 13.0. The fraction of sp³-hybridized carbons (Fsp3) is 0.320. The number of rotatable bonds is 6. The molecule has 0 radical (unpaired) electrons. The molecule has 0 saturated carbocycles. The van der Waals surface area contributed by atoms with E-state index in [0.29, 0.717) is 12.2 Å². The zero-order chi connectivity index (χ0) is 21.9. The van der Waals surface area contributed by atoms with Crippen molar-refractivity contribution in [1.82, 2.24) is 25.1 Å². The molecule has 0 unspecified atom stereocenters. The van der Waals surface area contributed by atoms with Crippen LogP contribution in [0.25, 0.3) is 21.3 Å². The lowest BCUT2D eigenvalue weighted by molar-refractivity contribution is -0.123. The number of Topliss-reactive ketones (excluding diaryl/α,β-unsaturated/α-hetero) is 1. The summed E-state index contributed by atoms with van der Waals surface area (Å²) in [5.41, 5.74) is 2.97. The fourth-order valence-electron chi connectivity index (χ4n) is 4.29. The molecule has 6 nitrogen and oxygen atoms in total. The van der Waals surface area contributed by atoms with E-state index in [0.717, 1.165) is 70.2 Å². The lowest BCUT2D eigenvalue weighted by Gasteiger charge is -2.30. The van der Waals surface area contributed by atoms with Gasteiger partial charge in [0.2, 0.25) is 0 Å². The van der Waals surface area contributed by atoms with Gasteiger partial charge >= 0.3 is 0 Å². The zero-order valence-corrected chi connectivity index (χ0v) is 18.9. The molecule has 162 valence electrons. The van der Waals surface area contributed by atoms with Crippen LogP contribution in [0.3, 0.4) is 0 Å². The van der Waals surface area contributed by atoms with Gasteiger partial charge < -0.3 is 0 Å². The highest BCUT2D eigenvalue weighted by Gasteiger charge is 2.25. The SMILES string of the molecule is Cc1nnc(-c2ccc3cnc(CC(=O)C4CCN(Cc5ccccn5)CC4)cc3c2)s1. The van der Waals surface area contributed by atoms with E-state index in [1.807, 2.05) is 43.6 Å². The lowest BCUT2D eigenvalue weighted by Crippen LogP contribution is -2.36. The highest BCUT2D eigenvalue weighted by atomic mass is 32.1. The minimum absolute atomic E-state index is 0.114. The van der Waals surface area contributed by atoms with Gasteiger partial charge in [-0.2, -0.15) is 0 Å². The average Bonchev–Trinajstić information content (AvgIpc) is 3.26. The van der Waals surface area contributed by atoms with E-state index in [-0.39, 0.29) is 5.92 Å². The van der Waals surface area contributed by atoms with Crippen LogP contribution in [0.4, 0.5) is 0 Å². The molecular weight excluding hydrogens is 418 g/mol. The average molecular weight is 444 g/mol. The van der Waals surface area contributed by atoms with Crippen molar-refractivity contribution >= 4 is 27.9 Å². The number of benzene rings is 1. The van der Waals surface area contributed by atoms with Gasteiger partial charge in [-0.25, -0.2) is 0 Å². The van der Waals surface area contributed by atoms with E-state index in [2.05, 4.69) is 43.3 Å². The first-order valence-electron chi connectivity index (χ1n) is 11.0. The predicted octanol–water partition coefficient (Wildman–Crippen LogP) is 4.48. The number of aryl methyl sites for hydroxylation is 1. The van der Waals surface area contributed by atoms with Crippen molar-refractivity contribution in [3.63, 3.8) is 0 Å². The Morgan fingerprint density at radius 2 is 1.91 bits per heavy atom. The molecule has 1 aromatic carbocycles. The molecule has 1 fully saturated rings. The Kier molecular flexibility index (Phi) is 6.01. The van der Waals surface area contributed by atoms with Gasteiger partial charge in [-0.1, -0.05) is 29.5 Å². The van der Waals surface area contributed by atoms with E-state index in [1.165, 1.54) is 0 Å². The summed E-state index contributed by atoms with van der Waals surface area (Å²) in [4.78, 5) is 24.3. The van der Waals surface area contributed by atoms with Gasteiger partial charge in [0.1, 0.15) is 15.8 Å². The highest BCUT2D eigenvalue weighted by Crippen LogP contribution is 2.27. The van der Waals surface area contributed by atoms with Crippen LogP contribution >= 0.6 is 11.3 Å².